The van der Waals surface area contributed by atoms with Gasteiger partial charge in [-0.3, -0.25) is 4.79 Å². The predicted molar refractivity (Wildman–Crippen MR) is 70.9 cm³/mol. The molecule has 3 nitrogen and oxygen atoms in total. The minimum atomic E-state index is -0.101. The third-order valence-corrected chi connectivity index (χ3v) is 2.56. The largest absolute Gasteiger partial charge is 0.326 e. The number of anilines is 1. The molecule has 0 aliphatic heterocycles. The molecule has 88 valence electrons. The molecular weight excluding hydrogens is 224 g/mol. The van der Waals surface area contributed by atoms with E-state index in [1.54, 1.807) is 12.1 Å². The number of hydrogen-bond donors (Lipinski definition) is 1. The lowest BCUT2D eigenvalue weighted by Crippen LogP contribution is -2.06. The van der Waals surface area contributed by atoms with Gasteiger partial charge in [0, 0.05) is 18.2 Å². The summed E-state index contributed by atoms with van der Waals surface area (Å²) in [6, 6.07) is 16.9. The first-order valence-corrected chi connectivity index (χ1v) is 5.58. The van der Waals surface area contributed by atoms with Crippen molar-refractivity contribution in [2.75, 3.05) is 5.32 Å². The molecule has 1 amide bonds. The fraction of sp³-hybridized carbons (Fsp3) is 0.0667. The van der Waals surface area contributed by atoms with Gasteiger partial charge in [0.1, 0.15) is 0 Å². The van der Waals surface area contributed by atoms with Crippen LogP contribution in [0.3, 0.4) is 0 Å². The summed E-state index contributed by atoms with van der Waals surface area (Å²) >= 11 is 0. The first-order chi connectivity index (χ1) is 8.70. The molecule has 3 heteroatoms. The van der Waals surface area contributed by atoms with Crippen molar-refractivity contribution in [2.45, 2.75) is 6.92 Å². The van der Waals surface area contributed by atoms with Gasteiger partial charge in [-0.1, -0.05) is 30.3 Å². The van der Waals surface area contributed by atoms with E-state index < -0.39 is 0 Å². The molecule has 0 heterocycles. The maximum Gasteiger partial charge on any atom is 0.221 e. The molecule has 2 aromatic carbocycles. The van der Waals surface area contributed by atoms with Crippen LogP contribution in [-0.4, -0.2) is 5.91 Å². The number of nitrogens with one attached hydrogen (secondary N) is 1. The monoisotopic (exact) mass is 236 g/mol. The second-order valence-electron chi connectivity index (χ2n) is 3.92. The van der Waals surface area contributed by atoms with Crippen LogP contribution in [-0.2, 0) is 4.79 Å². The topological polar surface area (TPSA) is 52.9 Å². The zero-order valence-electron chi connectivity index (χ0n) is 9.97. The Hall–Kier alpha value is -2.60. The molecule has 18 heavy (non-hydrogen) atoms. The SMILES string of the molecule is CC(=O)Nc1ccccc1-c1ccc(C#N)cc1. The Labute approximate surface area is 106 Å². The number of carbonyl (C=O) groups is 1. The van der Waals surface area contributed by atoms with Crippen LogP contribution in [0.15, 0.2) is 48.5 Å². The highest BCUT2D eigenvalue weighted by Crippen LogP contribution is 2.27. The summed E-state index contributed by atoms with van der Waals surface area (Å²) in [7, 11) is 0. The van der Waals surface area contributed by atoms with Gasteiger partial charge in [-0.2, -0.15) is 5.26 Å². The highest BCUT2D eigenvalue weighted by atomic mass is 16.1. The van der Waals surface area contributed by atoms with E-state index in [0.717, 1.165) is 16.8 Å². The molecule has 0 unspecified atom stereocenters. The van der Waals surface area contributed by atoms with Crippen molar-refractivity contribution in [1.82, 2.24) is 0 Å². The van der Waals surface area contributed by atoms with Crippen molar-refractivity contribution >= 4 is 11.6 Å². The Morgan fingerprint density at radius 3 is 2.39 bits per heavy atom. The minimum Gasteiger partial charge on any atom is -0.326 e. The van der Waals surface area contributed by atoms with Crippen molar-refractivity contribution in [1.29, 1.82) is 5.26 Å². The van der Waals surface area contributed by atoms with E-state index in [0.29, 0.717) is 5.56 Å². The van der Waals surface area contributed by atoms with E-state index >= 15 is 0 Å². The zero-order chi connectivity index (χ0) is 13.0. The quantitative estimate of drug-likeness (QED) is 0.870. The van der Waals surface area contributed by atoms with E-state index in [1.165, 1.54) is 6.92 Å². The van der Waals surface area contributed by atoms with Crippen molar-refractivity contribution in [3.8, 4) is 17.2 Å². The Bertz CT molecular complexity index is 609. The predicted octanol–water partition coefficient (Wildman–Crippen LogP) is 3.18. The van der Waals surface area contributed by atoms with Crippen molar-refractivity contribution < 1.29 is 4.79 Å². The van der Waals surface area contributed by atoms with Crippen LogP contribution in [0, 0.1) is 11.3 Å². The molecular formula is C15H12N2O. The first-order valence-electron chi connectivity index (χ1n) is 5.58. The van der Waals surface area contributed by atoms with Crippen molar-refractivity contribution in [2.24, 2.45) is 0 Å². The Kier molecular flexibility index (Phi) is 3.40. The summed E-state index contributed by atoms with van der Waals surface area (Å²) in [6.45, 7) is 1.48. The summed E-state index contributed by atoms with van der Waals surface area (Å²) in [6.07, 6.45) is 0. The molecule has 0 atom stereocenters. The van der Waals surface area contributed by atoms with Crippen molar-refractivity contribution in [3.05, 3.63) is 54.1 Å². The molecule has 0 aliphatic carbocycles. The van der Waals surface area contributed by atoms with Gasteiger partial charge < -0.3 is 5.32 Å². The van der Waals surface area contributed by atoms with Gasteiger partial charge in [-0.25, -0.2) is 0 Å². The number of amides is 1. The molecule has 0 saturated carbocycles. The third kappa shape index (κ3) is 2.55. The Balaban J connectivity index is 2.43. The van der Waals surface area contributed by atoms with Gasteiger partial charge in [-0.15, -0.1) is 0 Å². The number of nitriles is 1. The minimum absolute atomic E-state index is 0.101. The van der Waals surface area contributed by atoms with Crippen LogP contribution in [0.25, 0.3) is 11.1 Å². The van der Waals surface area contributed by atoms with E-state index in [-0.39, 0.29) is 5.91 Å². The van der Waals surface area contributed by atoms with E-state index in [9.17, 15) is 4.79 Å². The fourth-order valence-corrected chi connectivity index (χ4v) is 1.76. The van der Waals surface area contributed by atoms with Gasteiger partial charge in [0.05, 0.1) is 11.6 Å². The Morgan fingerprint density at radius 1 is 1.11 bits per heavy atom. The van der Waals surface area contributed by atoms with E-state index in [4.69, 9.17) is 5.26 Å². The highest BCUT2D eigenvalue weighted by molar-refractivity contribution is 5.94. The molecule has 0 aromatic heterocycles. The molecule has 0 radical (unpaired) electrons. The zero-order valence-corrected chi connectivity index (χ0v) is 9.97. The number of hydrogen-bond acceptors (Lipinski definition) is 2. The molecule has 1 N–H and O–H groups in total. The lowest BCUT2D eigenvalue weighted by Gasteiger charge is -2.09. The first kappa shape index (κ1) is 11.9. The van der Waals surface area contributed by atoms with E-state index in [1.807, 2.05) is 36.4 Å². The second kappa shape index (κ2) is 5.15. The van der Waals surface area contributed by atoms with Crippen LogP contribution < -0.4 is 5.32 Å². The lowest BCUT2D eigenvalue weighted by atomic mass is 10.0. The number of carbonyl (C=O) groups excluding carboxylic acids is 1. The van der Waals surface area contributed by atoms with Gasteiger partial charge >= 0.3 is 0 Å². The normalized spacial score (nSPS) is 9.56. The fourth-order valence-electron chi connectivity index (χ4n) is 1.76. The van der Waals surface area contributed by atoms with Crippen LogP contribution in [0.4, 0.5) is 5.69 Å². The molecule has 2 aromatic rings. The Morgan fingerprint density at radius 2 is 1.78 bits per heavy atom. The number of para-hydroxylation sites is 1. The molecule has 0 aliphatic rings. The molecule has 2 rings (SSSR count). The van der Waals surface area contributed by atoms with Crippen molar-refractivity contribution in [3.63, 3.8) is 0 Å². The summed E-state index contributed by atoms with van der Waals surface area (Å²) in [5.41, 5.74) is 3.31. The van der Waals surface area contributed by atoms with Crippen LogP contribution in [0.5, 0.6) is 0 Å². The molecule has 0 spiro atoms. The number of benzene rings is 2. The van der Waals surface area contributed by atoms with Crippen LogP contribution >= 0.6 is 0 Å². The number of rotatable bonds is 2. The average molecular weight is 236 g/mol. The smallest absolute Gasteiger partial charge is 0.221 e. The van der Waals surface area contributed by atoms with Crippen LogP contribution in [0.1, 0.15) is 12.5 Å². The van der Waals surface area contributed by atoms with Gasteiger partial charge in [-0.05, 0) is 23.8 Å². The average Bonchev–Trinajstić information content (AvgIpc) is 2.39. The van der Waals surface area contributed by atoms with Crippen LogP contribution in [0.2, 0.25) is 0 Å². The van der Waals surface area contributed by atoms with E-state index in [2.05, 4.69) is 11.4 Å². The third-order valence-electron chi connectivity index (χ3n) is 2.56. The lowest BCUT2D eigenvalue weighted by molar-refractivity contribution is -0.114. The number of nitrogens with zero attached hydrogens (tertiary/aromatic N) is 1. The molecule has 0 fully saturated rings. The standard InChI is InChI=1S/C15H12N2O/c1-11(18)17-15-5-3-2-4-14(15)13-8-6-12(10-16)7-9-13/h2-9H,1H3,(H,17,18). The summed E-state index contributed by atoms with van der Waals surface area (Å²) in [5, 5.41) is 11.6. The maximum absolute atomic E-state index is 11.1. The highest BCUT2D eigenvalue weighted by Gasteiger charge is 2.05. The maximum atomic E-state index is 11.1. The summed E-state index contributed by atoms with van der Waals surface area (Å²) in [4.78, 5) is 11.1. The second-order valence-corrected chi connectivity index (χ2v) is 3.92. The summed E-state index contributed by atoms with van der Waals surface area (Å²) < 4.78 is 0. The molecule has 0 bridgehead atoms. The van der Waals surface area contributed by atoms with Gasteiger partial charge in [0.25, 0.3) is 0 Å². The van der Waals surface area contributed by atoms with Gasteiger partial charge in [0.15, 0.2) is 0 Å². The summed E-state index contributed by atoms with van der Waals surface area (Å²) in [5.74, 6) is -0.101. The molecule has 0 saturated heterocycles. The van der Waals surface area contributed by atoms with Gasteiger partial charge in [0.2, 0.25) is 5.91 Å².